The standard InChI is InChI=1S/C44H36N2/c1-3-13-28(4-2)32-16-7-9-22-39(32)46-40-23-10-8-18-34(40)35-25-24-31(27-41(35)46)45-38-21-12-20-37-36-19-11-15-30-26-29-14-5-6-17-33(29)44(42(30)36)43(37)38/h3-11,13-14,16-20,22-27,30,45H,12,15,21H2,1-2H3/b13-3-,28-4+. The molecule has 1 N–H and O–H groups in total. The van der Waals surface area contributed by atoms with Crippen molar-refractivity contribution in [3.8, 4) is 5.69 Å². The van der Waals surface area contributed by atoms with Gasteiger partial charge in [0, 0.05) is 39.2 Å². The topological polar surface area (TPSA) is 17.0 Å². The first-order valence-corrected chi connectivity index (χ1v) is 16.6. The number of rotatable bonds is 5. The van der Waals surface area contributed by atoms with Gasteiger partial charge in [0.15, 0.2) is 0 Å². The van der Waals surface area contributed by atoms with Gasteiger partial charge < -0.3 is 9.88 Å². The third-order valence-electron chi connectivity index (χ3n) is 10.2. The van der Waals surface area contributed by atoms with Crippen molar-refractivity contribution in [3.05, 3.63) is 171 Å². The molecule has 1 atom stereocenters. The van der Waals surface area contributed by atoms with E-state index < -0.39 is 0 Å². The second kappa shape index (κ2) is 10.6. The Morgan fingerprint density at radius 3 is 2.59 bits per heavy atom. The van der Waals surface area contributed by atoms with Crippen molar-refractivity contribution in [2.75, 3.05) is 5.32 Å². The number of para-hydroxylation sites is 2. The molecule has 2 nitrogen and oxygen atoms in total. The van der Waals surface area contributed by atoms with Gasteiger partial charge in [-0.15, -0.1) is 0 Å². The van der Waals surface area contributed by atoms with E-state index in [0.717, 1.165) is 24.9 Å². The van der Waals surface area contributed by atoms with Gasteiger partial charge in [0.05, 0.1) is 16.7 Å². The summed E-state index contributed by atoms with van der Waals surface area (Å²) in [5.74, 6) is 0.446. The average molecular weight is 593 g/mol. The summed E-state index contributed by atoms with van der Waals surface area (Å²) < 4.78 is 2.45. The lowest BCUT2D eigenvalue weighted by Crippen LogP contribution is -2.33. The van der Waals surface area contributed by atoms with Crippen LogP contribution in [0.25, 0.3) is 44.7 Å². The van der Waals surface area contributed by atoms with Crippen molar-refractivity contribution < 1.29 is 0 Å². The van der Waals surface area contributed by atoms with Crippen molar-refractivity contribution >= 4 is 44.7 Å². The highest BCUT2D eigenvalue weighted by Crippen LogP contribution is 2.52. The van der Waals surface area contributed by atoms with E-state index in [1.807, 2.05) is 0 Å². The Hall–Kier alpha value is -5.34. The Balaban J connectivity index is 1.25. The lowest BCUT2D eigenvalue weighted by molar-refractivity contribution is 0.820. The van der Waals surface area contributed by atoms with Crippen LogP contribution in [0.3, 0.4) is 0 Å². The zero-order valence-corrected chi connectivity index (χ0v) is 26.3. The smallest absolute Gasteiger partial charge is 0.0562 e. The molecule has 5 aromatic rings. The van der Waals surface area contributed by atoms with Crippen LogP contribution in [0.2, 0.25) is 0 Å². The minimum atomic E-state index is 0.446. The minimum Gasteiger partial charge on any atom is -0.358 e. The maximum absolute atomic E-state index is 4.00. The molecule has 0 radical (unpaired) electrons. The van der Waals surface area contributed by atoms with Crippen molar-refractivity contribution in [3.63, 3.8) is 0 Å². The Kier molecular flexibility index (Phi) is 6.24. The van der Waals surface area contributed by atoms with E-state index in [1.54, 1.807) is 0 Å². The number of hydrogen-bond donors (Lipinski definition) is 1. The summed E-state index contributed by atoms with van der Waals surface area (Å²) >= 11 is 0. The molecule has 0 spiro atoms. The van der Waals surface area contributed by atoms with Gasteiger partial charge in [-0.3, -0.25) is 0 Å². The molecule has 1 aromatic heterocycles. The number of fused-ring (bicyclic) bond motifs is 7. The monoisotopic (exact) mass is 592 g/mol. The molecule has 46 heavy (non-hydrogen) atoms. The van der Waals surface area contributed by atoms with Gasteiger partial charge in [0.25, 0.3) is 0 Å². The van der Waals surface area contributed by atoms with Crippen LogP contribution in [-0.4, -0.2) is 4.57 Å². The third-order valence-corrected chi connectivity index (χ3v) is 10.2. The largest absolute Gasteiger partial charge is 0.358 e. The Morgan fingerprint density at radius 1 is 0.848 bits per heavy atom. The van der Waals surface area contributed by atoms with Crippen molar-refractivity contribution in [2.24, 2.45) is 5.92 Å². The number of nitrogens with one attached hydrogen (secondary N) is 1. The van der Waals surface area contributed by atoms with E-state index in [4.69, 9.17) is 0 Å². The van der Waals surface area contributed by atoms with Gasteiger partial charge in [-0.2, -0.15) is 0 Å². The molecular weight excluding hydrogens is 556 g/mol. The molecule has 0 saturated heterocycles. The zero-order chi connectivity index (χ0) is 30.8. The Bertz CT molecular complexity index is 2430. The molecule has 0 fully saturated rings. The number of hydrogen-bond acceptors (Lipinski definition) is 1. The zero-order valence-electron chi connectivity index (χ0n) is 26.3. The fraction of sp³-hybridized carbons (Fsp3) is 0.136. The van der Waals surface area contributed by atoms with Gasteiger partial charge in [-0.25, -0.2) is 0 Å². The van der Waals surface area contributed by atoms with Crippen LogP contribution in [0.1, 0.15) is 38.7 Å². The third kappa shape index (κ3) is 3.96. The molecule has 9 rings (SSSR count). The maximum Gasteiger partial charge on any atom is 0.0562 e. The quantitative estimate of drug-likeness (QED) is 0.201. The van der Waals surface area contributed by atoms with Crippen LogP contribution in [0.15, 0.2) is 155 Å². The first-order valence-electron chi connectivity index (χ1n) is 16.6. The number of nitrogens with zero attached hydrogens (tertiary/aromatic N) is 1. The lowest BCUT2D eigenvalue weighted by atomic mass is 9.81. The summed E-state index contributed by atoms with van der Waals surface area (Å²) in [4.78, 5) is 0. The summed E-state index contributed by atoms with van der Waals surface area (Å²) in [5.41, 5.74) is 15.8. The van der Waals surface area contributed by atoms with Crippen molar-refractivity contribution in [1.29, 1.82) is 0 Å². The molecule has 1 unspecified atom stereocenters. The Morgan fingerprint density at radius 2 is 1.67 bits per heavy atom. The lowest BCUT2D eigenvalue weighted by Gasteiger charge is -2.24. The SMILES string of the molecule is C/C=C\C(=C/C)c1ccccc1-n1c2ccccc2c2ccc(NC3=C4C(=CCC3)C3=C5C4=c4ccccc4=CC5CC=C3)cc21. The molecule has 222 valence electrons. The first-order chi connectivity index (χ1) is 22.7. The van der Waals surface area contributed by atoms with Crippen molar-refractivity contribution in [1.82, 2.24) is 4.57 Å². The van der Waals surface area contributed by atoms with Gasteiger partial charge >= 0.3 is 0 Å². The minimum absolute atomic E-state index is 0.446. The van der Waals surface area contributed by atoms with Crippen LogP contribution < -0.4 is 15.8 Å². The van der Waals surface area contributed by atoms with Gasteiger partial charge in [-0.1, -0.05) is 109 Å². The van der Waals surface area contributed by atoms with Gasteiger partial charge in [-0.05, 0) is 95.7 Å². The highest BCUT2D eigenvalue weighted by molar-refractivity contribution is 6.10. The summed E-state index contributed by atoms with van der Waals surface area (Å²) in [5, 5.41) is 9.27. The predicted octanol–water partition coefficient (Wildman–Crippen LogP) is 9.68. The van der Waals surface area contributed by atoms with Crippen molar-refractivity contribution in [2.45, 2.75) is 33.1 Å². The van der Waals surface area contributed by atoms with E-state index >= 15 is 0 Å². The van der Waals surface area contributed by atoms with Crippen LogP contribution in [-0.2, 0) is 0 Å². The molecule has 4 aromatic carbocycles. The highest BCUT2D eigenvalue weighted by Gasteiger charge is 2.38. The molecule has 4 aliphatic carbocycles. The van der Waals surface area contributed by atoms with Crippen LogP contribution in [0.5, 0.6) is 0 Å². The van der Waals surface area contributed by atoms with E-state index in [0.29, 0.717) is 5.92 Å². The number of allylic oxidation sites excluding steroid dienone is 12. The second-order valence-electron chi connectivity index (χ2n) is 12.7. The molecule has 1 heterocycles. The number of aromatic nitrogens is 1. The fourth-order valence-corrected chi connectivity index (χ4v) is 8.27. The fourth-order valence-electron chi connectivity index (χ4n) is 8.27. The summed E-state index contributed by atoms with van der Waals surface area (Å²) in [7, 11) is 0. The summed E-state index contributed by atoms with van der Waals surface area (Å²) in [6.07, 6.45) is 19.4. The maximum atomic E-state index is 4.00. The molecule has 0 saturated carbocycles. The highest BCUT2D eigenvalue weighted by atomic mass is 15.0. The normalized spacial score (nSPS) is 18.7. The van der Waals surface area contributed by atoms with E-state index in [2.05, 4.69) is 157 Å². The average Bonchev–Trinajstić information content (AvgIpc) is 3.62. The molecule has 0 amide bonds. The Labute approximate surface area is 270 Å². The molecule has 0 bridgehead atoms. The summed E-state index contributed by atoms with van der Waals surface area (Å²) in [6.45, 7) is 4.21. The molecule has 4 aliphatic rings. The van der Waals surface area contributed by atoms with E-state index in [-0.39, 0.29) is 0 Å². The number of anilines is 1. The summed E-state index contributed by atoms with van der Waals surface area (Å²) in [6, 6.07) is 33.5. The molecule has 0 aliphatic heterocycles. The molecule has 2 heteroatoms. The predicted molar refractivity (Wildman–Crippen MR) is 195 cm³/mol. The van der Waals surface area contributed by atoms with E-state index in [9.17, 15) is 0 Å². The van der Waals surface area contributed by atoms with Crippen LogP contribution in [0, 0.1) is 5.92 Å². The number of benzene rings is 4. The van der Waals surface area contributed by atoms with Gasteiger partial charge in [0.2, 0.25) is 0 Å². The molecular formula is C44H36N2. The van der Waals surface area contributed by atoms with Crippen LogP contribution in [0.4, 0.5) is 5.69 Å². The van der Waals surface area contributed by atoms with Crippen LogP contribution >= 0.6 is 0 Å². The van der Waals surface area contributed by atoms with Gasteiger partial charge in [0.1, 0.15) is 0 Å². The van der Waals surface area contributed by atoms with E-state index in [1.165, 1.54) is 82.6 Å². The second-order valence-corrected chi connectivity index (χ2v) is 12.7. The first kappa shape index (κ1) is 27.0.